The molecule has 25 heavy (non-hydrogen) atoms. The van der Waals surface area contributed by atoms with Gasteiger partial charge in [-0.2, -0.15) is 0 Å². The number of benzene rings is 1. The summed E-state index contributed by atoms with van der Waals surface area (Å²) in [5.74, 6) is -1.32. The van der Waals surface area contributed by atoms with Gasteiger partial charge >= 0.3 is 12.0 Å². The van der Waals surface area contributed by atoms with Crippen LogP contribution in [-0.4, -0.2) is 49.3 Å². The van der Waals surface area contributed by atoms with E-state index < -0.39 is 17.9 Å². The maximum atomic E-state index is 12.5. The summed E-state index contributed by atoms with van der Waals surface area (Å²) in [6, 6.07) is 3.43. The summed E-state index contributed by atoms with van der Waals surface area (Å²) in [6.07, 6.45) is 0.624. The fourth-order valence-corrected chi connectivity index (χ4v) is 2.65. The van der Waals surface area contributed by atoms with Crippen LogP contribution < -0.4 is 20.3 Å². The van der Waals surface area contributed by atoms with Gasteiger partial charge in [-0.25, -0.2) is 9.59 Å². The number of amides is 3. The number of carboxylic acid groups (broad SMARTS) is 1. The van der Waals surface area contributed by atoms with E-state index in [0.29, 0.717) is 30.9 Å². The lowest BCUT2D eigenvalue weighted by Gasteiger charge is -2.21. The molecular formula is C17H23N3O5. The van der Waals surface area contributed by atoms with Gasteiger partial charge in [-0.05, 0) is 24.1 Å². The normalized spacial score (nSPS) is 16.1. The first-order chi connectivity index (χ1) is 11.9. The molecular weight excluding hydrogens is 326 g/mol. The molecule has 2 atom stereocenters. The van der Waals surface area contributed by atoms with Crippen molar-refractivity contribution >= 4 is 23.6 Å². The average Bonchev–Trinajstić information content (AvgIpc) is 3.03. The van der Waals surface area contributed by atoms with Gasteiger partial charge < -0.3 is 20.5 Å². The summed E-state index contributed by atoms with van der Waals surface area (Å²) in [7, 11) is 1.48. The Kier molecular flexibility index (Phi) is 5.84. The molecule has 0 aromatic heterocycles. The molecule has 0 saturated carbocycles. The molecule has 1 saturated heterocycles. The summed E-state index contributed by atoms with van der Waals surface area (Å²) in [5.41, 5.74) is 0.741. The zero-order valence-corrected chi connectivity index (χ0v) is 14.5. The van der Waals surface area contributed by atoms with Crippen LogP contribution >= 0.6 is 0 Å². The van der Waals surface area contributed by atoms with Crippen LogP contribution in [-0.2, 0) is 4.79 Å². The molecule has 136 valence electrons. The van der Waals surface area contributed by atoms with Gasteiger partial charge in [0, 0.05) is 18.7 Å². The summed E-state index contributed by atoms with van der Waals surface area (Å²) in [6.45, 7) is 4.61. The molecule has 8 heteroatoms. The summed E-state index contributed by atoms with van der Waals surface area (Å²) in [4.78, 5) is 37.3. The molecule has 2 rings (SSSR count). The second-order valence-electron chi connectivity index (χ2n) is 5.95. The third-order valence-electron chi connectivity index (χ3n) is 4.35. The fourth-order valence-electron chi connectivity index (χ4n) is 2.65. The number of carboxylic acids is 1. The van der Waals surface area contributed by atoms with Crippen LogP contribution in [0.2, 0.25) is 0 Å². The van der Waals surface area contributed by atoms with Gasteiger partial charge in [0.2, 0.25) is 0 Å². The third kappa shape index (κ3) is 4.01. The Morgan fingerprint density at radius 2 is 2.16 bits per heavy atom. The van der Waals surface area contributed by atoms with E-state index in [-0.39, 0.29) is 17.5 Å². The summed E-state index contributed by atoms with van der Waals surface area (Å²) >= 11 is 0. The Balaban J connectivity index is 2.28. The van der Waals surface area contributed by atoms with Crippen molar-refractivity contribution < 1.29 is 24.2 Å². The minimum Gasteiger partial charge on any atom is -0.495 e. The number of anilines is 1. The number of hydrogen-bond donors (Lipinski definition) is 3. The summed E-state index contributed by atoms with van der Waals surface area (Å²) < 4.78 is 5.27. The van der Waals surface area contributed by atoms with E-state index in [1.54, 1.807) is 19.1 Å². The molecule has 8 nitrogen and oxygen atoms in total. The van der Waals surface area contributed by atoms with Crippen molar-refractivity contribution in [2.24, 2.45) is 5.92 Å². The van der Waals surface area contributed by atoms with Crippen molar-refractivity contribution in [1.29, 1.82) is 0 Å². The smallest absolute Gasteiger partial charge is 0.326 e. The molecule has 1 aliphatic rings. The van der Waals surface area contributed by atoms with E-state index in [0.717, 1.165) is 0 Å². The Hall–Kier alpha value is -2.77. The average molecular weight is 349 g/mol. The zero-order valence-electron chi connectivity index (χ0n) is 14.5. The van der Waals surface area contributed by atoms with Crippen molar-refractivity contribution in [3.63, 3.8) is 0 Å². The van der Waals surface area contributed by atoms with Crippen molar-refractivity contribution in [3.05, 3.63) is 23.8 Å². The van der Waals surface area contributed by atoms with Crippen LogP contribution in [0.4, 0.5) is 10.5 Å². The summed E-state index contributed by atoms with van der Waals surface area (Å²) in [5, 5.41) is 14.6. The molecule has 1 aromatic rings. The van der Waals surface area contributed by atoms with E-state index >= 15 is 0 Å². The van der Waals surface area contributed by atoms with E-state index in [9.17, 15) is 19.5 Å². The number of carbonyl (C=O) groups excluding carboxylic acids is 2. The number of carbonyl (C=O) groups is 3. The lowest BCUT2D eigenvalue weighted by Crippen LogP contribution is -2.45. The molecule has 2 unspecified atom stereocenters. The van der Waals surface area contributed by atoms with E-state index in [2.05, 4.69) is 10.6 Å². The quantitative estimate of drug-likeness (QED) is 0.690. The first kappa shape index (κ1) is 18.6. The molecule has 0 bridgehead atoms. The fraction of sp³-hybridized carbons (Fsp3) is 0.471. The molecule has 3 amide bonds. The Labute approximate surface area is 146 Å². The van der Waals surface area contributed by atoms with Crippen LogP contribution in [0.1, 0.15) is 30.6 Å². The lowest BCUT2D eigenvalue weighted by molar-refractivity contribution is -0.140. The van der Waals surface area contributed by atoms with Gasteiger partial charge in [-0.1, -0.05) is 20.3 Å². The van der Waals surface area contributed by atoms with Gasteiger partial charge in [0.15, 0.2) is 0 Å². The Morgan fingerprint density at radius 3 is 2.68 bits per heavy atom. The van der Waals surface area contributed by atoms with Crippen LogP contribution in [0.5, 0.6) is 5.75 Å². The van der Waals surface area contributed by atoms with Crippen LogP contribution in [0.15, 0.2) is 18.2 Å². The molecule has 1 fully saturated rings. The SMILES string of the molecule is CCC(C)C(NC(=O)c1ccc(OC)c(N2CCNC2=O)c1)C(=O)O. The highest BCUT2D eigenvalue weighted by Crippen LogP contribution is 2.30. The maximum absolute atomic E-state index is 12.5. The zero-order chi connectivity index (χ0) is 18.6. The monoisotopic (exact) mass is 349 g/mol. The van der Waals surface area contributed by atoms with Crippen molar-refractivity contribution in [2.45, 2.75) is 26.3 Å². The Bertz CT molecular complexity index is 676. The molecule has 1 heterocycles. The minimum atomic E-state index is -1.07. The highest BCUT2D eigenvalue weighted by atomic mass is 16.5. The molecule has 1 aromatic carbocycles. The molecule has 1 aliphatic heterocycles. The van der Waals surface area contributed by atoms with E-state index in [4.69, 9.17) is 4.74 Å². The van der Waals surface area contributed by atoms with Crippen LogP contribution in [0.3, 0.4) is 0 Å². The van der Waals surface area contributed by atoms with E-state index in [1.807, 2.05) is 6.92 Å². The highest BCUT2D eigenvalue weighted by molar-refractivity contribution is 6.00. The predicted molar refractivity (Wildman–Crippen MR) is 92.1 cm³/mol. The van der Waals surface area contributed by atoms with Gasteiger partial charge in [-0.15, -0.1) is 0 Å². The first-order valence-electron chi connectivity index (χ1n) is 8.16. The molecule has 0 aliphatic carbocycles. The molecule has 3 N–H and O–H groups in total. The van der Waals surface area contributed by atoms with Crippen molar-refractivity contribution in [2.75, 3.05) is 25.1 Å². The van der Waals surface area contributed by atoms with Crippen LogP contribution in [0.25, 0.3) is 0 Å². The second-order valence-corrected chi connectivity index (χ2v) is 5.95. The van der Waals surface area contributed by atoms with Gasteiger partial charge in [0.25, 0.3) is 5.91 Å². The number of nitrogens with one attached hydrogen (secondary N) is 2. The molecule has 0 radical (unpaired) electrons. The number of urea groups is 1. The number of aliphatic carboxylic acids is 1. The number of methoxy groups -OCH3 is 1. The van der Waals surface area contributed by atoms with Gasteiger partial charge in [0.05, 0.1) is 12.8 Å². The second kappa shape index (κ2) is 7.87. The number of hydrogen-bond acceptors (Lipinski definition) is 4. The Morgan fingerprint density at radius 1 is 1.44 bits per heavy atom. The first-order valence-corrected chi connectivity index (χ1v) is 8.16. The van der Waals surface area contributed by atoms with Gasteiger partial charge in [-0.3, -0.25) is 9.69 Å². The van der Waals surface area contributed by atoms with Crippen molar-refractivity contribution in [3.8, 4) is 5.75 Å². The topological polar surface area (TPSA) is 108 Å². The van der Waals surface area contributed by atoms with Crippen LogP contribution in [0, 0.1) is 5.92 Å². The third-order valence-corrected chi connectivity index (χ3v) is 4.35. The van der Waals surface area contributed by atoms with Gasteiger partial charge in [0.1, 0.15) is 11.8 Å². The maximum Gasteiger partial charge on any atom is 0.326 e. The standard InChI is InChI=1S/C17H23N3O5/c1-4-10(2)14(16(22)23)19-15(21)11-5-6-13(25-3)12(9-11)20-8-7-18-17(20)24/h5-6,9-10,14H,4,7-8H2,1-3H3,(H,18,24)(H,19,21)(H,22,23). The number of rotatable bonds is 7. The highest BCUT2D eigenvalue weighted by Gasteiger charge is 2.28. The number of ether oxygens (including phenoxy) is 1. The minimum absolute atomic E-state index is 0.205. The van der Waals surface area contributed by atoms with Crippen molar-refractivity contribution in [1.82, 2.24) is 10.6 Å². The largest absolute Gasteiger partial charge is 0.495 e. The number of nitrogens with zero attached hydrogens (tertiary/aromatic N) is 1. The lowest BCUT2D eigenvalue weighted by atomic mass is 9.99. The predicted octanol–water partition coefficient (Wildman–Crippen LogP) is 1.45. The molecule has 0 spiro atoms. The van der Waals surface area contributed by atoms with E-state index in [1.165, 1.54) is 18.1 Å².